The summed E-state index contributed by atoms with van der Waals surface area (Å²) in [6.45, 7) is 14.6. The molecule has 0 aromatic carbocycles. The maximum Gasteiger partial charge on any atom is 0.234 e. The molecular weight excluding hydrogens is 336 g/mol. The molecule has 0 N–H and O–H groups in total. The van der Waals surface area contributed by atoms with Crippen LogP contribution in [-0.2, 0) is 14.3 Å². The van der Waals surface area contributed by atoms with Crippen molar-refractivity contribution in [2.24, 2.45) is 22.7 Å². The molecule has 0 aromatic rings. The van der Waals surface area contributed by atoms with Crippen LogP contribution in [0.2, 0.25) is 0 Å². The fourth-order valence-electron chi connectivity index (χ4n) is 4.53. The summed E-state index contributed by atoms with van der Waals surface area (Å²) >= 11 is 0. The van der Waals surface area contributed by atoms with Crippen molar-refractivity contribution < 1.29 is 14.3 Å². The molecule has 1 aliphatic heterocycles. The van der Waals surface area contributed by atoms with Gasteiger partial charge in [0.25, 0.3) is 0 Å². The molecule has 1 heterocycles. The highest BCUT2D eigenvalue weighted by Gasteiger charge is 2.52. The Balaban J connectivity index is 1.97. The van der Waals surface area contributed by atoms with Crippen LogP contribution in [0, 0.1) is 22.7 Å². The van der Waals surface area contributed by atoms with E-state index in [0.717, 1.165) is 11.1 Å². The van der Waals surface area contributed by atoms with Gasteiger partial charge in [-0.05, 0) is 29.4 Å². The first-order valence-electron chi connectivity index (χ1n) is 9.82. The van der Waals surface area contributed by atoms with Gasteiger partial charge in [-0.15, -0.1) is 0 Å². The highest BCUT2D eigenvalue weighted by atomic mass is 16.5. The molecule has 0 fully saturated rings. The van der Waals surface area contributed by atoms with E-state index in [4.69, 9.17) is 4.74 Å². The summed E-state index contributed by atoms with van der Waals surface area (Å²) in [4.78, 5) is 26.3. The third-order valence-electron chi connectivity index (χ3n) is 6.66. The van der Waals surface area contributed by atoms with Gasteiger partial charge < -0.3 is 4.74 Å². The summed E-state index contributed by atoms with van der Waals surface area (Å²) in [6, 6.07) is 0. The second-order valence-corrected chi connectivity index (χ2v) is 9.85. The molecule has 4 rings (SSSR count). The summed E-state index contributed by atoms with van der Waals surface area (Å²) < 4.78 is 6.16. The Morgan fingerprint density at radius 2 is 1.74 bits per heavy atom. The number of allylic oxidation sites excluding steroid dienone is 7. The molecule has 4 aliphatic rings. The minimum Gasteiger partial charge on any atom is -0.489 e. The number of hydrogen-bond acceptors (Lipinski definition) is 3. The molecule has 3 nitrogen and oxygen atoms in total. The maximum absolute atomic E-state index is 13.2. The van der Waals surface area contributed by atoms with E-state index in [0.29, 0.717) is 16.9 Å². The topological polar surface area (TPSA) is 43.4 Å². The summed E-state index contributed by atoms with van der Waals surface area (Å²) in [5, 5.41) is 0. The van der Waals surface area contributed by atoms with E-state index in [1.165, 1.54) is 5.57 Å². The normalized spacial score (nSPS) is 31.9. The summed E-state index contributed by atoms with van der Waals surface area (Å²) in [5.74, 6) is 0.223. The van der Waals surface area contributed by atoms with Crippen molar-refractivity contribution in [1.82, 2.24) is 0 Å². The van der Waals surface area contributed by atoms with Gasteiger partial charge in [0.2, 0.25) is 11.6 Å². The molecule has 3 unspecified atom stereocenters. The lowest BCUT2D eigenvalue weighted by atomic mass is 9.66. The van der Waals surface area contributed by atoms with Crippen LogP contribution in [0.1, 0.15) is 48.5 Å². The van der Waals surface area contributed by atoms with Gasteiger partial charge in [0.15, 0.2) is 0 Å². The van der Waals surface area contributed by atoms with Gasteiger partial charge in [0, 0.05) is 22.5 Å². The van der Waals surface area contributed by atoms with E-state index >= 15 is 0 Å². The van der Waals surface area contributed by atoms with Crippen molar-refractivity contribution in [3.8, 4) is 0 Å². The maximum atomic E-state index is 13.2. The standard InChI is InChI=1S/C24H28O3/c1-12-10-17-18(16-11-14(23(3,4)5)8-9-15(12)16)20(25)21(26)19-22(17)27-13(2)24(19,6)7/h8-13,15H,1-7H3. The predicted octanol–water partition coefficient (Wildman–Crippen LogP) is 4.87. The number of fused-ring (bicyclic) bond motifs is 3. The monoisotopic (exact) mass is 364 g/mol. The molecule has 3 aliphatic carbocycles. The van der Waals surface area contributed by atoms with Gasteiger partial charge >= 0.3 is 0 Å². The van der Waals surface area contributed by atoms with Crippen molar-refractivity contribution in [2.75, 3.05) is 0 Å². The van der Waals surface area contributed by atoms with Crippen LogP contribution in [0.3, 0.4) is 0 Å². The van der Waals surface area contributed by atoms with Gasteiger partial charge in [0.05, 0.1) is 5.57 Å². The SMILES string of the molecule is CC1C=C2C3=C(C(=O)C(=O)C2=C2C=C(C(C)(C)C)C=CC21)C(C)(C)C(C)O3. The number of ketones is 2. The van der Waals surface area contributed by atoms with E-state index in [2.05, 4.69) is 52.0 Å². The Kier molecular flexibility index (Phi) is 3.67. The Morgan fingerprint density at radius 1 is 1.07 bits per heavy atom. The van der Waals surface area contributed by atoms with Crippen molar-refractivity contribution in [3.05, 3.63) is 57.9 Å². The summed E-state index contributed by atoms with van der Waals surface area (Å²) in [5.41, 5.74) is 3.59. The molecule has 3 atom stereocenters. The number of hydrogen-bond donors (Lipinski definition) is 0. The van der Waals surface area contributed by atoms with Crippen LogP contribution in [0.15, 0.2) is 57.9 Å². The number of carbonyl (C=O) groups excluding carboxylic acids is 2. The van der Waals surface area contributed by atoms with Gasteiger partial charge in [-0.2, -0.15) is 0 Å². The number of carbonyl (C=O) groups is 2. The number of Topliss-reactive ketones (excluding diaryl/α,β-unsaturated/α-hetero) is 2. The number of ether oxygens (including phenoxy) is 1. The predicted molar refractivity (Wildman–Crippen MR) is 106 cm³/mol. The molecule has 0 aromatic heterocycles. The van der Waals surface area contributed by atoms with Crippen molar-refractivity contribution in [1.29, 1.82) is 0 Å². The Morgan fingerprint density at radius 3 is 2.37 bits per heavy atom. The third-order valence-corrected chi connectivity index (χ3v) is 6.66. The largest absolute Gasteiger partial charge is 0.489 e. The highest BCUT2D eigenvalue weighted by Crippen LogP contribution is 2.52. The van der Waals surface area contributed by atoms with Crippen LogP contribution in [0.4, 0.5) is 0 Å². The molecular formula is C24H28O3. The Hall–Kier alpha value is -2.16. The second-order valence-electron chi connectivity index (χ2n) is 9.85. The van der Waals surface area contributed by atoms with Crippen molar-refractivity contribution in [3.63, 3.8) is 0 Å². The average Bonchev–Trinajstić information content (AvgIpc) is 2.81. The molecule has 3 heteroatoms. The lowest BCUT2D eigenvalue weighted by molar-refractivity contribution is -0.132. The third kappa shape index (κ3) is 2.40. The van der Waals surface area contributed by atoms with Crippen LogP contribution in [0.5, 0.6) is 0 Å². The van der Waals surface area contributed by atoms with Gasteiger partial charge in [-0.3, -0.25) is 9.59 Å². The molecule has 0 bridgehead atoms. The second kappa shape index (κ2) is 5.43. The Bertz CT molecular complexity index is 925. The highest BCUT2D eigenvalue weighted by molar-refractivity contribution is 6.52. The molecule has 0 saturated carbocycles. The zero-order valence-corrected chi connectivity index (χ0v) is 17.3. The first kappa shape index (κ1) is 18.2. The minimum atomic E-state index is -0.460. The molecule has 0 saturated heterocycles. The van der Waals surface area contributed by atoms with Crippen LogP contribution in [0.25, 0.3) is 0 Å². The van der Waals surface area contributed by atoms with E-state index in [1.54, 1.807) is 0 Å². The lowest BCUT2D eigenvalue weighted by Gasteiger charge is -2.35. The fourth-order valence-corrected chi connectivity index (χ4v) is 4.53. The van der Waals surface area contributed by atoms with Gasteiger partial charge in [-0.25, -0.2) is 0 Å². The molecule has 27 heavy (non-hydrogen) atoms. The molecule has 142 valence electrons. The van der Waals surface area contributed by atoms with Crippen molar-refractivity contribution in [2.45, 2.75) is 54.6 Å². The van der Waals surface area contributed by atoms with Crippen LogP contribution >= 0.6 is 0 Å². The van der Waals surface area contributed by atoms with E-state index in [-0.39, 0.29) is 29.1 Å². The zero-order chi connectivity index (χ0) is 19.9. The first-order valence-corrected chi connectivity index (χ1v) is 9.82. The first-order chi connectivity index (χ1) is 12.4. The lowest BCUT2D eigenvalue weighted by Crippen LogP contribution is -2.36. The minimum absolute atomic E-state index is 0.0217. The molecule has 0 amide bonds. The van der Waals surface area contributed by atoms with Crippen LogP contribution in [-0.4, -0.2) is 17.7 Å². The zero-order valence-electron chi connectivity index (χ0n) is 17.3. The molecule has 0 spiro atoms. The van der Waals surface area contributed by atoms with Crippen LogP contribution < -0.4 is 0 Å². The number of rotatable bonds is 0. The van der Waals surface area contributed by atoms with E-state index in [1.807, 2.05) is 20.8 Å². The van der Waals surface area contributed by atoms with Gasteiger partial charge in [0.1, 0.15) is 11.9 Å². The quantitative estimate of drug-likeness (QED) is 0.576. The van der Waals surface area contributed by atoms with Crippen molar-refractivity contribution >= 4 is 11.6 Å². The van der Waals surface area contributed by atoms with Gasteiger partial charge in [-0.1, -0.05) is 65.8 Å². The van der Waals surface area contributed by atoms with E-state index in [9.17, 15) is 9.59 Å². The van der Waals surface area contributed by atoms with E-state index < -0.39 is 11.2 Å². The fraction of sp³-hybridized carbons (Fsp3) is 0.500. The molecule has 0 radical (unpaired) electrons. The summed E-state index contributed by atoms with van der Waals surface area (Å²) in [7, 11) is 0. The summed E-state index contributed by atoms with van der Waals surface area (Å²) in [6.07, 6.45) is 8.47. The smallest absolute Gasteiger partial charge is 0.234 e. The Labute approximate surface area is 161 Å². The average molecular weight is 364 g/mol.